The Hall–Kier alpha value is -0.120. The quantitative estimate of drug-likeness (QED) is 0.825. The summed E-state index contributed by atoms with van der Waals surface area (Å²) in [6, 6.07) is 0. The molecule has 0 saturated carbocycles. The molecule has 0 aromatic rings. The van der Waals surface area contributed by atoms with Gasteiger partial charge in [0.15, 0.2) is 0 Å². The van der Waals surface area contributed by atoms with Crippen molar-refractivity contribution in [2.75, 3.05) is 46.3 Å². The molecule has 106 valence electrons. The van der Waals surface area contributed by atoms with Gasteiger partial charge in [0.2, 0.25) is 0 Å². The fourth-order valence-electron chi connectivity index (χ4n) is 3.49. The van der Waals surface area contributed by atoms with Gasteiger partial charge in [0.05, 0.1) is 0 Å². The fourth-order valence-corrected chi connectivity index (χ4v) is 3.49. The van der Waals surface area contributed by atoms with E-state index >= 15 is 0 Å². The Morgan fingerprint density at radius 3 is 2.44 bits per heavy atom. The van der Waals surface area contributed by atoms with Gasteiger partial charge >= 0.3 is 0 Å². The summed E-state index contributed by atoms with van der Waals surface area (Å²) in [5.41, 5.74) is 0.828. The molecule has 2 heterocycles. The highest BCUT2D eigenvalue weighted by atomic mass is 15.3. The summed E-state index contributed by atoms with van der Waals surface area (Å²) in [6.45, 7) is 16.9. The molecule has 2 saturated heterocycles. The predicted octanol–water partition coefficient (Wildman–Crippen LogP) is 1.65. The van der Waals surface area contributed by atoms with Gasteiger partial charge in [0, 0.05) is 38.3 Å². The Kier molecular flexibility index (Phi) is 4.05. The van der Waals surface area contributed by atoms with E-state index in [1.165, 1.54) is 45.7 Å². The van der Waals surface area contributed by atoms with E-state index in [1.54, 1.807) is 0 Å². The Bertz CT molecular complexity index is 279. The molecular formula is C15H31N3. The predicted molar refractivity (Wildman–Crippen MR) is 77.9 cm³/mol. The number of piperazine rings is 1. The van der Waals surface area contributed by atoms with E-state index in [0.717, 1.165) is 5.92 Å². The molecule has 2 fully saturated rings. The van der Waals surface area contributed by atoms with Crippen LogP contribution in [0.25, 0.3) is 0 Å². The molecule has 0 aromatic heterocycles. The van der Waals surface area contributed by atoms with E-state index in [1.807, 2.05) is 0 Å². The first-order valence-corrected chi connectivity index (χ1v) is 7.50. The Morgan fingerprint density at radius 2 is 1.94 bits per heavy atom. The second-order valence-electron chi connectivity index (χ2n) is 7.39. The van der Waals surface area contributed by atoms with Crippen LogP contribution in [0.15, 0.2) is 0 Å². The number of nitrogens with one attached hydrogen (secondary N) is 1. The smallest absolute Gasteiger partial charge is 0.0277 e. The van der Waals surface area contributed by atoms with Crippen molar-refractivity contribution >= 4 is 0 Å². The van der Waals surface area contributed by atoms with Gasteiger partial charge < -0.3 is 5.32 Å². The maximum atomic E-state index is 3.58. The SMILES string of the molecule is CC(C)C1(CN2CCN(C)C(C)(C)C2)CCNC1. The summed E-state index contributed by atoms with van der Waals surface area (Å²) in [4.78, 5) is 5.20. The van der Waals surface area contributed by atoms with Gasteiger partial charge in [-0.25, -0.2) is 0 Å². The minimum atomic E-state index is 0.322. The highest BCUT2D eigenvalue weighted by Gasteiger charge is 2.40. The summed E-state index contributed by atoms with van der Waals surface area (Å²) in [6.07, 6.45) is 1.34. The van der Waals surface area contributed by atoms with E-state index in [9.17, 15) is 0 Å². The van der Waals surface area contributed by atoms with Gasteiger partial charge in [-0.3, -0.25) is 9.80 Å². The minimum absolute atomic E-state index is 0.322. The number of rotatable bonds is 3. The third-order valence-electron chi connectivity index (χ3n) is 5.44. The first-order valence-electron chi connectivity index (χ1n) is 7.50. The lowest BCUT2D eigenvalue weighted by atomic mass is 9.75. The number of nitrogens with zero attached hydrogens (tertiary/aromatic N) is 2. The number of likely N-dealkylation sites (N-methyl/N-ethyl adjacent to an activating group) is 1. The van der Waals surface area contributed by atoms with Crippen molar-refractivity contribution in [2.45, 2.75) is 39.7 Å². The second kappa shape index (κ2) is 5.10. The van der Waals surface area contributed by atoms with Crippen LogP contribution in [0, 0.1) is 11.3 Å². The summed E-state index contributed by atoms with van der Waals surface area (Å²) >= 11 is 0. The Labute approximate surface area is 113 Å². The van der Waals surface area contributed by atoms with Gasteiger partial charge in [-0.1, -0.05) is 13.8 Å². The molecular weight excluding hydrogens is 222 g/mol. The molecule has 18 heavy (non-hydrogen) atoms. The average Bonchev–Trinajstić information content (AvgIpc) is 2.73. The maximum absolute atomic E-state index is 3.58. The number of hydrogen-bond donors (Lipinski definition) is 1. The second-order valence-corrected chi connectivity index (χ2v) is 7.39. The highest BCUT2D eigenvalue weighted by molar-refractivity contribution is 4.96. The molecule has 1 N–H and O–H groups in total. The standard InChI is InChI=1S/C15H31N3/c1-13(2)15(6-7-16-10-15)12-18-9-8-17(5)14(3,4)11-18/h13,16H,6-12H2,1-5H3. The van der Waals surface area contributed by atoms with Crippen LogP contribution in [-0.4, -0.2) is 61.7 Å². The first-order chi connectivity index (χ1) is 8.36. The number of hydrogen-bond acceptors (Lipinski definition) is 3. The molecule has 3 nitrogen and oxygen atoms in total. The summed E-state index contributed by atoms with van der Waals surface area (Å²) in [5.74, 6) is 0.773. The van der Waals surface area contributed by atoms with Crippen LogP contribution in [0.4, 0.5) is 0 Å². The van der Waals surface area contributed by atoms with E-state index in [4.69, 9.17) is 0 Å². The molecule has 0 bridgehead atoms. The first kappa shape index (κ1) is 14.3. The van der Waals surface area contributed by atoms with E-state index in [0.29, 0.717) is 11.0 Å². The fraction of sp³-hybridized carbons (Fsp3) is 1.00. The van der Waals surface area contributed by atoms with Crippen LogP contribution in [0.3, 0.4) is 0 Å². The van der Waals surface area contributed by atoms with Gasteiger partial charge in [-0.2, -0.15) is 0 Å². The minimum Gasteiger partial charge on any atom is -0.316 e. The molecule has 2 aliphatic heterocycles. The zero-order valence-electron chi connectivity index (χ0n) is 12.9. The van der Waals surface area contributed by atoms with Crippen molar-refractivity contribution in [3.8, 4) is 0 Å². The average molecular weight is 253 g/mol. The molecule has 3 heteroatoms. The third-order valence-corrected chi connectivity index (χ3v) is 5.44. The van der Waals surface area contributed by atoms with Crippen LogP contribution in [0.5, 0.6) is 0 Å². The van der Waals surface area contributed by atoms with Crippen molar-refractivity contribution in [2.24, 2.45) is 11.3 Å². The van der Waals surface area contributed by atoms with E-state index in [2.05, 4.69) is 49.9 Å². The normalized spacial score (nSPS) is 34.3. The van der Waals surface area contributed by atoms with Crippen LogP contribution < -0.4 is 5.32 Å². The van der Waals surface area contributed by atoms with Crippen LogP contribution in [-0.2, 0) is 0 Å². The molecule has 0 aliphatic carbocycles. The van der Waals surface area contributed by atoms with Gasteiger partial charge in [0.1, 0.15) is 0 Å². The van der Waals surface area contributed by atoms with Crippen LogP contribution in [0.1, 0.15) is 34.1 Å². The zero-order chi connectivity index (χ0) is 13.4. The molecule has 1 unspecified atom stereocenters. The Balaban J connectivity index is 2.00. The van der Waals surface area contributed by atoms with Crippen molar-refractivity contribution in [3.63, 3.8) is 0 Å². The van der Waals surface area contributed by atoms with Gasteiger partial charge in [0.25, 0.3) is 0 Å². The zero-order valence-corrected chi connectivity index (χ0v) is 12.9. The van der Waals surface area contributed by atoms with Crippen molar-refractivity contribution in [1.29, 1.82) is 0 Å². The molecule has 2 rings (SSSR count). The summed E-state index contributed by atoms with van der Waals surface area (Å²) in [5, 5.41) is 3.58. The van der Waals surface area contributed by atoms with Crippen molar-refractivity contribution < 1.29 is 0 Å². The molecule has 0 spiro atoms. The van der Waals surface area contributed by atoms with Gasteiger partial charge in [-0.15, -0.1) is 0 Å². The summed E-state index contributed by atoms with van der Waals surface area (Å²) in [7, 11) is 2.26. The molecule has 1 atom stereocenters. The molecule has 0 radical (unpaired) electrons. The molecule has 0 amide bonds. The van der Waals surface area contributed by atoms with E-state index in [-0.39, 0.29) is 0 Å². The lowest BCUT2D eigenvalue weighted by molar-refractivity contribution is 0.00932. The van der Waals surface area contributed by atoms with Gasteiger partial charge in [-0.05, 0) is 45.2 Å². The van der Waals surface area contributed by atoms with Crippen molar-refractivity contribution in [1.82, 2.24) is 15.1 Å². The lowest BCUT2D eigenvalue weighted by Gasteiger charge is -2.48. The monoisotopic (exact) mass is 253 g/mol. The third kappa shape index (κ3) is 2.73. The largest absolute Gasteiger partial charge is 0.316 e. The maximum Gasteiger partial charge on any atom is 0.0277 e. The van der Waals surface area contributed by atoms with Crippen LogP contribution >= 0.6 is 0 Å². The van der Waals surface area contributed by atoms with Crippen molar-refractivity contribution in [3.05, 3.63) is 0 Å². The van der Waals surface area contributed by atoms with Crippen LogP contribution in [0.2, 0.25) is 0 Å². The molecule has 2 aliphatic rings. The molecule has 0 aromatic carbocycles. The van der Waals surface area contributed by atoms with E-state index < -0.39 is 0 Å². The topological polar surface area (TPSA) is 18.5 Å². The lowest BCUT2D eigenvalue weighted by Crippen LogP contribution is -2.59. The highest BCUT2D eigenvalue weighted by Crippen LogP contribution is 2.36. The summed E-state index contributed by atoms with van der Waals surface area (Å²) < 4.78 is 0. The Morgan fingerprint density at radius 1 is 1.22 bits per heavy atom.